The fourth-order valence-electron chi connectivity index (χ4n) is 3.46. The summed E-state index contributed by atoms with van der Waals surface area (Å²) in [6.45, 7) is 5.65. The highest BCUT2D eigenvalue weighted by Crippen LogP contribution is 2.33. The molecule has 0 atom stereocenters. The summed E-state index contributed by atoms with van der Waals surface area (Å²) in [5, 5.41) is 10.0. The topological polar surface area (TPSA) is 99.9 Å². The molecule has 4 aromatic rings. The summed E-state index contributed by atoms with van der Waals surface area (Å²) >= 11 is 1.12. The van der Waals surface area contributed by atoms with Crippen LogP contribution in [0.4, 0.5) is 22.2 Å². The molecule has 0 spiro atoms. The fraction of sp³-hybridized carbons (Fsp3) is 0.154. The highest BCUT2D eigenvalue weighted by atomic mass is 32.2. The molecule has 0 saturated carbocycles. The number of azo groups is 1. The summed E-state index contributed by atoms with van der Waals surface area (Å²) in [5.41, 5.74) is 3.25. The summed E-state index contributed by atoms with van der Waals surface area (Å²) in [6, 6.07) is 24.3. The maximum absolute atomic E-state index is 12.9. The predicted octanol–water partition coefficient (Wildman–Crippen LogP) is 6.88. The normalized spacial score (nSPS) is 11.8. The van der Waals surface area contributed by atoms with Crippen LogP contribution in [0, 0.1) is 0 Å². The third-order valence-corrected chi connectivity index (χ3v) is 6.89. The van der Waals surface area contributed by atoms with Gasteiger partial charge in [-0.2, -0.15) is 9.36 Å². The van der Waals surface area contributed by atoms with Crippen LogP contribution >= 0.6 is 11.5 Å². The van der Waals surface area contributed by atoms with Crippen molar-refractivity contribution in [3.05, 3.63) is 89.8 Å². The summed E-state index contributed by atoms with van der Waals surface area (Å²) < 4.78 is 32.7. The summed E-state index contributed by atoms with van der Waals surface area (Å²) in [5.74, 6) is 0.568. The van der Waals surface area contributed by atoms with Gasteiger partial charge in [0, 0.05) is 35.9 Å². The van der Waals surface area contributed by atoms with Crippen LogP contribution in [0.5, 0.6) is 0 Å². The van der Waals surface area contributed by atoms with Crippen LogP contribution in [0.15, 0.2) is 94.5 Å². The number of nitrogens with zero attached hydrogens (tertiary/aromatic N) is 5. The van der Waals surface area contributed by atoms with Crippen LogP contribution in [-0.4, -0.2) is 30.9 Å². The number of anilines is 2. The lowest BCUT2D eigenvalue weighted by Gasteiger charge is -2.22. The van der Waals surface area contributed by atoms with Gasteiger partial charge in [-0.3, -0.25) is 4.72 Å². The molecule has 1 heterocycles. The largest absolute Gasteiger partial charge is 0.372 e. The Bertz CT molecular complexity index is 1450. The Morgan fingerprint density at radius 2 is 1.64 bits per heavy atom. The van der Waals surface area contributed by atoms with Crippen molar-refractivity contribution in [1.82, 2.24) is 9.36 Å². The van der Waals surface area contributed by atoms with Crippen molar-refractivity contribution in [3.8, 4) is 11.4 Å². The number of nitrogens with one attached hydrogen (secondary N) is 1. The minimum Gasteiger partial charge on any atom is -0.372 e. The van der Waals surface area contributed by atoms with Gasteiger partial charge in [0.15, 0.2) is 5.82 Å². The first-order valence-corrected chi connectivity index (χ1v) is 13.7. The van der Waals surface area contributed by atoms with Gasteiger partial charge in [-0.25, -0.2) is 8.42 Å². The molecule has 1 N–H and O–H groups in total. The molecule has 8 nitrogen and oxygen atoms in total. The minimum absolute atomic E-state index is 0.327. The van der Waals surface area contributed by atoms with E-state index >= 15 is 0 Å². The first-order chi connectivity index (χ1) is 17.5. The lowest BCUT2D eigenvalue weighted by Crippen LogP contribution is -2.22. The van der Waals surface area contributed by atoms with Crippen molar-refractivity contribution in [2.45, 2.75) is 13.8 Å². The molecule has 0 aliphatic rings. The number of sulfonamides is 1. The first kappa shape index (κ1) is 25.2. The number of aromatic nitrogens is 2. The van der Waals surface area contributed by atoms with Gasteiger partial charge >= 0.3 is 0 Å². The van der Waals surface area contributed by atoms with Gasteiger partial charge in [0.05, 0.1) is 11.1 Å². The monoisotopic (exact) mass is 518 g/mol. The second-order valence-electron chi connectivity index (χ2n) is 7.70. The van der Waals surface area contributed by atoms with E-state index in [0.717, 1.165) is 46.8 Å². The first-order valence-electron chi connectivity index (χ1n) is 11.4. The van der Waals surface area contributed by atoms with Crippen LogP contribution in [0.2, 0.25) is 0 Å². The van der Waals surface area contributed by atoms with E-state index in [1.54, 1.807) is 18.2 Å². The summed E-state index contributed by atoms with van der Waals surface area (Å²) in [4.78, 5) is 6.54. The molecule has 184 valence electrons. The molecule has 36 heavy (non-hydrogen) atoms. The Hall–Kier alpha value is -3.89. The molecule has 0 bridgehead atoms. The van der Waals surface area contributed by atoms with Crippen molar-refractivity contribution in [1.29, 1.82) is 0 Å². The van der Waals surface area contributed by atoms with Crippen LogP contribution in [0.1, 0.15) is 19.4 Å². The molecule has 0 unspecified atom stereocenters. The van der Waals surface area contributed by atoms with Crippen molar-refractivity contribution in [2.24, 2.45) is 10.2 Å². The van der Waals surface area contributed by atoms with E-state index in [1.165, 1.54) is 0 Å². The lowest BCUT2D eigenvalue weighted by atomic mass is 10.2. The molecule has 0 saturated heterocycles. The Balaban J connectivity index is 1.62. The molecule has 3 aromatic carbocycles. The molecule has 4 rings (SSSR count). The molecule has 0 aliphatic heterocycles. The smallest absolute Gasteiger partial charge is 0.255 e. The maximum Gasteiger partial charge on any atom is 0.255 e. The molecule has 0 amide bonds. The molecular weight excluding hydrogens is 492 g/mol. The molecule has 0 fully saturated rings. The van der Waals surface area contributed by atoms with Crippen molar-refractivity contribution in [2.75, 3.05) is 22.7 Å². The van der Waals surface area contributed by atoms with Gasteiger partial charge in [-0.15, -0.1) is 10.2 Å². The molecule has 1 aromatic heterocycles. The Morgan fingerprint density at radius 3 is 2.33 bits per heavy atom. The summed E-state index contributed by atoms with van der Waals surface area (Å²) in [7, 11) is -3.80. The van der Waals surface area contributed by atoms with E-state index in [1.807, 2.05) is 80.6 Å². The number of hydrogen-bond donors (Lipinski definition) is 1. The number of hydrogen-bond acceptors (Lipinski definition) is 8. The zero-order chi connectivity index (χ0) is 25.4. The van der Waals surface area contributed by atoms with Crippen molar-refractivity contribution in [3.63, 3.8) is 0 Å². The maximum atomic E-state index is 12.9. The molecule has 0 aliphatic carbocycles. The average molecular weight is 519 g/mol. The van der Waals surface area contributed by atoms with Crippen LogP contribution < -0.4 is 9.62 Å². The van der Waals surface area contributed by atoms with E-state index in [2.05, 4.69) is 29.2 Å². The van der Waals surface area contributed by atoms with E-state index in [4.69, 9.17) is 0 Å². The van der Waals surface area contributed by atoms with Crippen LogP contribution in [-0.2, 0) is 10.0 Å². The van der Waals surface area contributed by atoms with E-state index in [9.17, 15) is 8.42 Å². The van der Waals surface area contributed by atoms with Crippen LogP contribution in [0.3, 0.4) is 0 Å². The Morgan fingerprint density at radius 1 is 0.944 bits per heavy atom. The zero-order valence-corrected chi connectivity index (χ0v) is 21.6. The van der Waals surface area contributed by atoms with Gasteiger partial charge in [0.1, 0.15) is 5.69 Å². The zero-order valence-electron chi connectivity index (χ0n) is 19.9. The average Bonchev–Trinajstić information content (AvgIpc) is 3.38. The Labute approximate surface area is 215 Å². The SMILES string of the molecule is CCN(CC)c1ccc(N=Nc2nc(-c3ccccc3)ns2)c(NS(=O)(=O)/C=C/c2ccccc2)c1. The second-order valence-corrected chi connectivity index (χ2v) is 10.00. The highest BCUT2D eigenvalue weighted by Gasteiger charge is 2.14. The third kappa shape index (κ3) is 6.61. The van der Waals surface area contributed by atoms with E-state index < -0.39 is 10.0 Å². The minimum atomic E-state index is -3.80. The quantitative estimate of drug-likeness (QED) is 0.231. The van der Waals surface area contributed by atoms with E-state index in [0.29, 0.717) is 22.3 Å². The van der Waals surface area contributed by atoms with Gasteiger partial charge in [-0.05, 0) is 43.7 Å². The summed E-state index contributed by atoms with van der Waals surface area (Å²) in [6.07, 6.45) is 1.55. The fourth-order valence-corrected chi connectivity index (χ4v) is 4.85. The van der Waals surface area contributed by atoms with E-state index in [-0.39, 0.29) is 0 Å². The third-order valence-electron chi connectivity index (χ3n) is 5.29. The van der Waals surface area contributed by atoms with Gasteiger partial charge in [0.2, 0.25) is 5.13 Å². The van der Waals surface area contributed by atoms with Gasteiger partial charge in [0.25, 0.3) is 10.0 Å². The lowest BCUT2D eigenvalue weighted by molar-refractivity contribution is 0.609. The standard InChI is InChI=1S/C26H26N6O2S2/c1-3-32(4-2)22-15-16-23(28-29-26-27-25(30-35-26)21-13-9-6-10-14-21)24(19-22)31-36(33,34)18-17-20-11-7-5-8-12-20/h5-19,31H,3-4H2,1-2H3/b18-17+,29-28?. The van der Waals surface area contributed by atoms with Gasteiger partial charge < -0.3 is 4.90 Å². The van der Waals surface area contributed by atoms with Crippen molar-refractivity contribution < 1.29 is 8.42 Å². The predicted molar refractivity (Wildman–Crippen MR) is 148 cm³/mol. The van der Waals surface area contributed by atoms with Crippen molar-refractivity contribution >= 4 is 49.8 Å². The number of benzene rings is 3. The van der Waals surface area contributed by atoms with Crippen LogP contribution in [0.25, 0.3) is 17.5 Å². The van der Waals surface area contributed by atoms with Gasteiger partial charge in [-0.1, -0.05) is 60.7 Å². The molecular formula is C26H26N6O2S2. The highest BCUT2D eigenvalue weighted by molar-refractivity contribution is 7.95. The Kier molecular flexibility index (Phi) is 8.19. The molecule has 10 heteroatoms. The molecule has 0 radical (unpaired) electrons. The number of rotatable bonds is 10. The second kappa shape index (κ2) is 11.7.